The first kappa shape index (κ1) is 20.5. The van der Waals surface area contributed by atoms with Gasteiger partial charge in [0, 0.05) is 13.0 Å². The smallest absolute Gasteiger partial charge is 0.350 e. The Hall–Kier alpha value is -2.25. The van der Waals surface area contributed by atoms with E-state index in [2.05, 4.69) is 4.98 Å². The fourth-order valence-electron chi connectivity index (χ4n) is 3.20. The van der Waals surface area contributed by atoms with E-state index in [9.17, 15) is 9.59 Å². The van der Waals surface area contributed by atoms with Crippen LogP contribution in [0.25, 0.3) is 0 Å². The molecule has 1 unspecified atom stereocenters. The highest BCUT2D eigenvalue weighted by atomic mass is 32.1. The SMILES string of the molecule is CCOC(=O)c1sc(N(Cc2ccccc2)C(=O)CCC2CCCO2)nc1C. The molecule has 6 nitrogen and oxygen atoms in total. The van der Waals surface area contributed by atoms with Gasteiger partial charge in [-0.1, -0.05) is 41.7 Å². The van der Waals surface area contributed by atoms with Gasteiger partial charge in [-0.15, -0.1) is 0 Å². The zero-order valence-electron chi connectivity index (χ0n) is 16.3. The molecule has 7 heteroatoms. The molecule has 1 atom stereocenters. The molecule has 28 heavy (non-hydrogen) atoms. The summed E-state index contributed by atoms with van der Waals surface area (Å²) in [5.41, 5.74) is 1.60. The molecule has 150 valence electrons. The first-order valence-electron chi connectivity index (χ1n) is 9.69. The standard InChI is InChI=1S/C21H26N2O4S/c1-3-26-20(25)19-15(2)22-21(28-19)23(14-16-8-5-4-6-9-16)18(24)12-11-17-10-7-13-27-17/h4-6,8-9,17H,3,7,10-14H2,1-2H3. The summed E-state index contributed by atoms with van der Waals surface area (Å²) in [5, 5.41) is 0.529. The summed E-state index contributed by atoms with van der Waals surface area (Å²) < 4.78 is 10.8. The molecule has 1 aliphatic heterocycles. The molecule has 1 aromatic carbocycles. The maximum Gasteiger partial charge on any atom is 0.350 e. The predicted molar refractivity (Wildman–Crippen MR) is 109 cm³/mol. The number of anilines is 1. The molecule has 0 N–H and O–H groups in total. The van der Waals surface area contributed by atoms with Gasteiger partial charge in [-0.2, -0.15) is 0 Å². The number of benzene rings is 1. The average molecular weight is 403 g/mol. The Morgan fingerprint density at radius 3 is 2.79 bits per heavy atom. The molecule has 1 fully saturated rings. The lowest BCUT2D eigenvalue weighted by molar-refractivity contribution is -0.119. The van der Waals surface area contributed by atoms with E-state index >= 15 is 0 Å². The van der Waals surface area contributed by atoms with Crippen LogP contribution in [-0.4, -0.2) is 36.2 Å². The van der Waals surface area contributed by atoms with E-state index < -0.39 is 5.97 Å². The van der Waals surface area contributed by atoms with Crippen LogP contribution < -0.4 is 4.90 Å². The Kier molecular flexibility index (Phi) is 7.17. The topological polar surface area (TPSA) is 68.7 Å². The molecule has 1 amide bonds. The molecule has 0 bridgehead atoms. The Morgan fingerprint density at radius 2 is 2.11 bits per heavy atom. The van der Waals surface area contributed by atoms with E-state index in [0.29, 0.717) is 41.7 Å². The summed E-state index contributed by atoms with van der Waals surface area (Å²) in [7, 11) is 0. The number of carbonyl (C=O) groups excluding carboxylic acids is 2. The van der Waals surface area contributed by atoms with Crippen LogP contribution in [0.4, 0.5) is 5.13 Å². The predicted octanol–water partition coefficient (Wildman–Crippen LogP) is 4.12. The number of thiazole rings is 1. The van der Waals surface area contributed by atoms with Gasteiger partial charge in [0.2, 0.25) is 5.91 Å². The average Bonchev–Trinajstić information content (AvgIpc) is 3.35. The van der Waals surface area contributed by atoms with E-state index in [1.165, 1.54) is 11.3 Å². The monoisotopic (exact) mass is 402 g/mol. The van der Waals surface area contributed by atoms with Crippen LogP contribution in [0, 0.1) is 6.92 Å². The highest BCUT2D eigenvalue weighted by molar-refractivity contribution is 7.17. The lowest BCUT2D eigenvalue weighted by Crippen LogP contribution is -2.31. The summed E-state index contributed by atoms with van der Waals surface area (Å²) in [4.78, 5) is 31.8. The van der Waals surface area contributed by atoms with Crippen molar-refractivity contribution in [3.8, 4) is 0 Å². The number of aromatic nitrogens is 1. The molecule has 1 saturated heterocycles. The molecule has 0 spiro atoms. The van der Waals surface area contributed by atoms with Crippen molar-refractivity contribution in [2.45, 2.75) is 52.2 Å². The largest absolute Gasteiger partial charge is 0.462 e. The molecular formula is C21H26N2O4S. The van der Waals surface area contributed by atoms with Crippen LogP contribution in [0.3, 0.4) is 0 Å². The number of nitrogens with zero attached hydrogens (tertiary/aromatic N) is 2. The highest BCUT2D eigenvalue weighted by Crippen LogP contribution is 2.29. The van der Waals surface area contributed by atoms with Gasteiger partial charge in [0.15, 0.2) is 5.13 Å². The van der Waals surface area contributed by atoms with Crippen LogP contribution in [0.5, 0.6) is 0 Å². The van der Waals surface area contributed by atoms with Crippen molar-refractivity contribution < 1.29 is 19.1 Å². The van der Waals surface area contributed by atoms with Crippen molar-refractivity contribution in [2.24, 2.45) is 0 Å². The zero-order valence-corrected chi connectivity index (χ0v) is 17.2. The number of ether oxygens (including phenoxy) is 2. The van der Waals surface area contributed by atoms with Gasteiger partial charge in [0.1, 0.15) is 4.88 Å². The number of carbonyl (C=O) groups is 2. The third-order valence-corrected chi connectivity index (χ3v) is 5.83. The third-order valence-electron chi connectivity index (χ3n) is 4.67. The van der Waals surface area contributed by atoms with Crippen molar-refractivity contribution in [1.82, 2.24) is 4.98 Å². The fraction of sp³-hybridized carbons (Fsp3) is 0.476. The van der Waals surface area contributed by atoms with Crippen molar-refractivity contribution in [1.29, 1.82) is 0 Å². The molecule has 1 aromatic heterocycles. The van der Waals surface area contributed by atoms with Gasteiger partial charge in [-0.25, -0.2) is 9.78 Å². The third kappa shape index (κ3) is 5.17. The summed E-state index contributed by atoms with van der Waals surface area (Å²) in [6.07, 6.45) is 3.33. The second kappa shape index (κ2) is 9.80. The van der Waals surface area contributed by atoms with Gasteiger partial charge < -0.3 is 9.47 Å². The van der Waals surface area contributed by atoms with E-state index in [1.54, 1.807) is 18.7 Å². The number of hydrogen-bond donors (Lipinski definition) is 0. The van der Waals surface area contributed by atoms with Crippen LogP contribution in [0.15, 0.2) is 30.3 Å². The van der Waals surface area contributed by atoms with Gasteiger partial charge in [0.25, 0.3) is 0 Å². The maximum absolute atomic E-state index is 13.0. The number of esters is 1. The lowest BCUT2D eigenvalue weighted by atomic mass is 10.1. The number of aryl methyl sites for hydroxylation is 1. The minimum atomic E-state index is -0.393. The highest BCUT2D eigenvalue weighted by Gasteiger charge is 2.25. The van der Waals surface area contributed by atoms with E-state index in [0.717, 1.165) is 25.0 Å². The first-order chi connectivity index (χ1) is 13.6. The van der Waals surface area contributed by atoms with Crippen molar-refractivity contribution >= 4 is 28.3 Å². The summed E-state index contributed by atoms with van der Waals surface area (Å²) in [5.74, 6) is -0.404. The molecule has 0 radical (unpaired) electrons. The Labute approximate surface area is 169 Å². The Bertz CT molecular complexity index is 800. The minimum Gasteiger partial charge on any atom is -0.462 e. The molecular weight excluding hydrogens is 376 g/mol. The number of amides is 1. The number of rotatable bonds is 8. The summed E-state index contributed by atoms with van der Waals surface area (Å²) >= 11 is 1.21. The molecule has 0 aliphatic carbocycles. The van der Waals surface area contributed by atoms with Gasteiger partial charge in [-0.3, -0.25) is 9.69 Å². The van der Waals surface area contributed by atoms with E-state index in [1.807, 2.05) is 30.3 Å². The van der Waals surface area contributed by atoms with Crippen LogP contribution in [0.1, 0.15) is 53.5 Å². The fourth-order valence-corrected chi connectivity index (χ4v) is 4.18. The molecule has 2 aromatic rings. The van der Waals surface area contributed by atoms with Gasteiger partial charge in [0.05, 0.1) is 24.9 Å². The maximum atomic E-state index is 13.0. The first-order valence-corrected chi connectivity index (χ1v) is 10.5. The van der Waals surface area contributed by atoms with E-state index in [4.69, 9.17) is 9.47 Å². The molecule has 0 saturated carbocycles. The van der Waals surface area contributed by atoms with Crippen molar-refractivity contribution in [2.75, 3.05) is 18.1 Å². The van der Waals surface area contributed by atoms with Crippen LogP contribution >= 0.6 is 11.3 Å². The van der Waals surface area contributed by atoms with Gasteiger partial charge in [-0.05, 0) is 38.7 Å². The molecule has 3 rings (SSSR count). The van der Waals surface area contributed by atoms with Crippen LogP contribution in [-0.2, 0) is 20.8 Å². The Balaban J connectivity index is 1.80. The normalized spacial score (nSPS) is 16.1. The lowest BCUT2D eigenvalue weighted by Gasteiger charge is -2.21. The number of hydrogen-bond acceptors (Lipinski definition) is 6. The molecule has 1 aliphatic rings. The zero-order chi connectivity index (χ0) is 19.9. The van der Waals surface area contributed by atoms with Crippen molar-refractivity contribution in [3.05, 3.63) is 46.5 Å². The van der Waals surface area contributed by atoms with Crippen molar-refractivity contribution in [3.63, 3.8) is 0 Å². The summed E-state index contributed by atoms with van der Waals surface area (Å²) in [6, 6.07) is 9.79. The molecule has 2 heterocycles. The second-order valence-electron chi connectivity index (χ2n) is 6.77. The Morgan fingerprint density at radius 1 is 1.32 bits per heavy atom. The van der Waals surface area contributed by atoms with Crippen LogP contribution in [0.2, 0.25) is 0 Å². The second-order valence-corrected chi connectivity index (χ2v) is 7.75. The summed E-state index contributed by atoms with van der Waals surface area (Å²) in [6.45, 7) is 5.04. The van der Waals surface area contributed by atoms with Gasteiger partial charge >= 0.3 is 5.97 Å². The van der Waals surface area contributed by atoms with E-state index in [-0.39, 0.29) is 12.0 Å². The minimum absolute atomic E-state index is 0.0106. The quantitative estimate of drug-likeness (QED) is 0.621.